The first-order valence-corrected chi connectivity index (χ1v) is 6.40. The first-order valence-electron chi connectivity index (χ1n) is 5.60. The number of hydrogen-bond acceptors (Lipinski definition) is 1. The standard InChI is InChI=1S/C15H8BrF3O/c16-10-6-4-9(13(19)8-10)5-7-14(20)15-11(17)2-1-3-12(15)18/h1-8H/b7-5+. The summed E-state index contributed by atoms with van der Waals surface area (Å²) in [5.41, 5.74) is -0.500. The molecule has 0 aromatic heterocycles. The van der Waals surface area contributed by atoms with Gasteiger partial charge in [-0.1, -0.05) is 28.1 Å². The van der Waals surface area contributed by atoms with E-state index < -0.39 is 28.8 Å². The first kappa shape index (κ1) is 14.5. The van der Waals surface area contributed by atoms with Crippen LogP contribution in [-0.4, -0.2) is 5.78 Å². The van der Waals surface area contributed by atoms with Crippen LogP contribution in [0.25, 0.3) is 6.08 Å². The van der Waals surface area contributed by atoms with E-state index >= 15 is 0 Å². The summed E-state index contributed by atoms with van der Waals surface area (Å²) in [6.07, 6.45) is 2.11. The zero-order chi connectivity index (χ0) is 14.7. The second kappa shape index (κ2) is 6.05. The van der Waals surface area contributed by atoms with Gasteiger partial charge in [0.2, 0.25) is 0 Å². The van der Waals surface area contributed by atoms with Gasteiger partial charge in [0.15, 0.2) is 5.78 Å². The molecule has 0 aliphatic rings. The smallest absolute Gasteiger partial charge is 0.191 e. The van der Waals surface area contributed by atoms with Crippen molar-refractivity contribution >= 4 is 27.8 Å². The molecule has 0 radical (unpaired) electrons. The van der Waals surface area contributed by atoms with E-state index in [1.165, 1.54) is 24.3 Å². The van der Waals surface area contributed by atoms with Gasteiger partial charge in [-0.15, -0.1) is 0 Å². The Kier molecular flexibility index (Phi) is 4.39. The third-order valence-corrected chi connectivity index (χ3v) is 3.08. The van der Waals surface area contributed by atoms with Gasteiger partial charge in [-0.3, -0.25) is 4.79 Å². The van der Waals surface area contributed by atoms with E-state index in [0.717, 1.165) is 18.2 Å². The Hall–Kier alpha value is -1.88. The lowest BCUT2D eigenvalue weighted by atomic mass is 10.1. The number of benzene rings is 2. The molecule has 2 rings (SSSR count). The molecule has 0 atom stereocenters. The van der Waals surface area contributed by atoms with Crippen molar-refractivity contribution in [1.29, 1.82) is 0 Å². The van der Waals surface area contributed by atoms with Crippen molar-refractivity contribution in [2.45, 2.75) is 0 Å². The lowest BCUT2D eigenvalue weighted by molar-refractivity contribution is 0.104. The summed E-state index contributed by atoms with van der Waals surface area (Å²) in [6.45, 7) is 0. The second-order valence-corrected chi connectivity index (χ2v) is 4.88. The maximum atomic E-state index is 13.5. The summed E-state index contributed by atoms with van der Waals surface area (Å²) in [7, 11) is 0. The molecule has 0 amide bonds. The van der Waals surface area contributed by atoms with Gasteiger partial charge >= 0.3 is 0 Å². The summed E-state index contributed by atoms with van der Waals surface area (Å²) < 4.78 is 40.8. The third-order valence-electron chi connectivity index (χ3n) is 2.59. The van der Waals surface area contributed by atoms with Gasteiger partial charge in [-0.25, -0.2) is 13.2 Å². The molecule has 0 fully saturated rings. The lowest BCUT2D eigenvalue weighted by Crippen LogP contribution is -2.02. The lowest BCUT2D eigenvalue weighted by Gasteiger charge is -2.00. The molecule has 0 saturated heterocycles. The number of carbonyl (C=O) groups excluding carboxylic acids is 1. The van der Waals surface area contributed by atoms with Crippen molar-refractivity contribution in [1.82, 2.24) is 0 Å². The largest absolute Gasteiger partial charge is 0.289 e. The Morgan fingerprint density at radius 2 is 1.65 bits per heavy atom. The average Bonchev–Trinajstić information content (AvgIpc) is 2.37. The second-order valence-electron chi connectivity index (χ2n) is 3.96. The molecule has 0 N–H and O–H groups in total. The summed E-state index contributed by atoms with van der Waals surface area (Å²) in [4.78, 5) is 11.7. The predicted molar refractivity (Wildman–Crippen MR) is 73.8 cm³/mol. The van der Waals surface area contributed by atoms with Crippen LogP contribution in [0.15, 0.2) is 46.9 Å². The van der Waals surface area contributed by atoms with Crippen LogP contribution in [0, 0.1) is 17.5 Å². The van der Waals surface area contributed by atoms with Crippen LogP contribution in [0.2, 0.25) is 0 Å². The molecule has 0 spiro atoms. The minimum atomic E-state index is -0.948. The van der Waals surface area contributed by atoms with Gasteiger partial charge < -0.3 is 0 Å². The highest BCUT2D eigenvalue weighted by molar-refractivity contribution is 9.10. The number of allylic oxidation sites excluding steroid dienone is 1. The van der Waals surface area contributed by atoms with Crippen molar-refractivity contribution in [2.75, 3.05) is 0 Å². The van der Waals surface area contributed by atoms with Crippen LogP contribution in [0.3, 0.4) is 0 Å². The molecule has 20 heavy (non-hydrogen) atoms. The molecule has 1 nitrogen and oxygen atoms in total. The Labute approximate surface area is 121 Å². The fourth-order valence-corrected chi connectivity index (χ4v) is 1.95. The molecule has 2 aromatic rings. The average molecular weight is 341 g/mol. The topological polar surface area (TPSA) is 17.1 Å². The summed E-state index contributed by atoms with van der Waals surface area (Å²) >= 11 is 3.10. The fraction of sp³-hybridized carbons (Fsp3) is 0. The molecule has 0 heterocycles. The molecular formula is C15H8BrF3O. The highest BCUT2D eigenvalue weighted by Crippen LogP contribution is 2.18. The molecule has 2 aromatic carbocycles. The van der Waals surface area contributed by atoms with Crippen molar-refractivity contribution in [2.24, 2.45) is 0 Å². The molecular weight excluding hydrogens is 333 g/mol. The van der Waals surface area contributed by atoms with Crippen LogP contribution in [0.4, 0.5) is 13.2 Å². The van der Waals surface area contributed by atoms with Gasteiger partial charge in [0.05, 0.1) is 5.56 Å². The monoisotopic (exact) mass is 340 g/mol. The van der Waals surface area contributed by atoms with Gasteiger partial charge in [0.1, 0.15) is 17.5 Å². The number of hydrogen-bond donors (Lipinski definition) is 0. The maximum Gasteiger partial charge on any atom is 0.191 e. The predicted octanol–water partition coefficient (Wildman–Crippen LogP) is 4.76. The van der Waals surface area contributed by atoms with Crippen molar-refractivity contribution in [3.63, 3.8) is 0 Å². The summed E-state index contributed by atoms with van der Waals surface area (Å²) in [5, 5.41) is 0. The SMILES string of the molecule is O=C(/C=C/c1ccc(Br)cc1F)c1c(F)cccc1F. The highest BCUT2D eigenvalue weighted by Gasteiger charge is 2.14. The molecule has 102 valence electrons. The molecule has 0 saturated carbocycles. The van der Waals surface area contributed by atoms with Crippen LogP contribution >= 0.6 is 15.9 Å². The molecule has 0 aliphatic carbocycles. The zero-order valence-corrected chi connectivity index (χ0v) is 11.6. The van der Waals surface area contributed by atoms with Crippen LogP contribution in [0.5, 0.6) is 0 Å². The Balaban J connectivity index is 2.30. The maximum absolute atomic E-state index is 13.5. The minimum Gasteiger partial charge on any atom is -0.289 e. The molecule has 0 unspecified atom stereocenters. The first-order chi connectivity index (χ1) is 9.49. The summed E-state index contributed by atoms with van der Waals surface area (Å²) in [6, 6.07) is 7.42. The minimum absolute atomic E-state index is 0.151. The molecule has 5 heteroatoms. The number of carbonyl (C=O) groups is 1. The number of ketones is 1. The van der Waals surface area contributed by atoms with E-state index in [9.17, 15) is 18.0 Å². The normalized spacial score (nSPS) is 11.0. The van der Waals surface area contributed by atoms with E-state index in [0.29, 0.717) is 4.47 Å². The number of rotatable bonds is 3. The summed E-state index contributed by atoms with van der Waals surface area (Å²) in [5.74, 6) is -3.30. The van der Waals surface area contributed by atoms with Crippen LogP contribution in [0.1, 0.15) is 15.9 Å². The van der Waals surface area contributed by atoms with E-state index in [2.05, 4.69) is 15.9 Å². The van der Waals surface area contributed by atoms with Crippen molar-refractivity contribution in [3.8, 4) is 0 Å². The van der Waals surface area contributed by atoms with E-state index in [4.69, 9.17) is 0 Å². The number of halogens is 4. The van der Waals surface area contributed by atoms with Crippen LogP contribution in [-0.2, 0) is 0 Å². The van der Waals surface area contributed by atoms with Crippen molar-refractivity contribution < 1.29 is 18.0 Å². The zero-order valence-electron chi connectivity index (χ0n) is 10.0. The Morgan fingerprint density at radius 3 is 2.25 bits per heavy atom. The van der Waals surface area contributed by atoms with Crippen LogP contribution < -0.4 is 0 Å². The van der Waals surface area contributed by atoms with Gasteiger partial charge in [-0.05, 0) is 36.4 Å². The quantitative estimate of drug-likeness (QED) is 0.581. The molecule has 0 bridgehead atoms. The van der Waals surface area contributed by atoms with Gasteiger partial charge in [0.25, 0.3) is 0 Å². The third kappa shape index (κ3) is 3.17. The van der Waals surface area contributed by atoms with E-state index in [-0.39, 0.29) is 5.56 Å². The Bertz CT molecular complexity index is 675. The Morgan fingerprint density at radius 1 is 1.00 bits per heavy atom. The van der Waals surface area contributed by atoms with Crippen molar-refractivity contribution in [3.05, 3.63) is 75.5 Å². The van der Waals surface area contributed by atoms with E-state index in [1.54, 1.807) is 6.07 Å². The van der Waals surface area contributed by atoms with Gasteiger partial charge in [-0.2, -0.15) is 0 Å². The highest BCUT2D eigenvalue weighted by atomic mass is 79.9. The van der Waals surface area contributed by atoms with E-state index in [1.807, 2.05) is 0 Å². The fourth-order valence-electron chi connectivity index (χ4n) is 1.62. The van der Waals surface area contributed by atoms with Gasteiger partial charge in [0, 0.05) is 10.0 Å². The molecule has 0 aliphatic heterocycles.